The number of benzene rings is 2. The summed E-state index contributed by atoms with van der Waals surface area (Å²) in [5.74, 6) is -0.245. The van der Waals surface area contributed by atoms with Gasteiger partial charge in [0, 0.05) is 28.4 Å². The molecule has 0 atom stereocenters. The lowest BCUT2D eigenvalue weighted by Gasteiger charge is -2.09. The van der Waals surface area contributed by atoms with Crippen LogP contribution in [0.4, 0.5) is 10.1 Å². The molecule has 0 aliphatic carbocycles. The second kappa shape index (κ2) is 5.05. The summed E-state index contributed by atoms with van der Waals surface area (Å²) < 4.78 is 13.7. The molecule has 2 nitrogen and oxygen atoms in total. The highest BCUT2D eigenvalue weighted by molar-refractivity contribution is 9.10. The molecule has 96 valence electrons. The maximum absolute atomic E-state index is 13.0. The van der Waals surface area contributed by atoms with Crippen molar-refractivity contribution < 1.29 is 4.39 Å². The van der Waals surface area contributed by atoms with E-state index in [0.29, 0.717) is 6.54 Å². The summed E-state index contributed by atoms with van der Waals surface area (Å²) in [6, 6.07) is 13.0. The normalized spacial score (nSPS) is 10.8. The lowest BCUT2D eigenvalue weighted by Crippen LogP contribution is -2.00. The molecule has 0 saturated carbocycles. The molecule has 19 heavy (non-hydrogen) atoms. The summed E-state index contributed by atoms with van der Waals surface area (Å²) in [7, 11) is 0. The second-order valence-corrected chi connectivity index (χ2v) is 5.23. The van der Waals surface area contributed by atoms with Crippen LogP contribution in [0.25, 0.3) is 10.9 Å². The first kappa shape index (κ1) is 12.2. The van der Waals surface area contributed by atoms with Crippen LogP contribution in [0.2, 0.25) is 0 Å². The van der Waals surface area contributed by atoms with Crippen molar-refractivity contribution in [2.75, 3.05) is 5.32 Å². The van der Waals surface area contributed by atoms with Gasteiger partial charge in [-0.2, -0.15) is 0 Å². The average Bonchev–Trinajstić information content (AvgIpc) is 2.85. The summed E-state index contributed by atoms with van der Waals surface area (Å²) >= 11 is 3.35. The second-order valence-electron chi connectivity index (χ2n) is 4.38. The van der Waals surface area contributed by atoms with Crippen LogP contribution in [0, 0.1) is 5.82 Å². The molecule has 1 heterocycles. The first-order valence-corrected chi connectivity index (χ1v) is 6.76. The van der Waals surface area contributed by atoms with E-state index in [1.165, 1.54) is 23.1 Å². The van der Waals surface area contributed by atoms with E-state index in [1.807, 2.05) is 12.3 Å². The zero-order chi connectivity index (χ0) is 13.2. The molecule has 3 rings (SSSR count). The van der Waals surface area contributed by atoms with Crippen molar-refractivity contribution in [3.63, 3.8) is 0 Å². The molecule has 3 aromatic rings. The Morgan fingerprint density at radius 2 is 2.00 bits per heavy atom. The summed E-state index contributed by atoms with van der Waals surface area (Å²) in [6.45, 7) is 0.694. The summed E-state index contributed by atoms with van der Waals surface area (Å²) in [5, 5.41) is 4.49. The highest BCUT2D eigenvalue weighted by Crippen LogP contribution is 2.24. The van der Waals surface area contributed by atoms with E-state index in [2.05, 4.69) is 44.4 Å². The van der Waals surface area contributed by atoms with Crippen molar-refractivity contribution >= 4 is 32.5 Å². The molecule has 0 aliphatic rings. The molecule has 1 aromatic heterocycles. The van der Waals surface area contributed by atoms with Gasteiger partial charge in [-0.1, -0.05) is 12.1 Å². The van der Waals surface area contributed by atoms with Crippen molar-refractivity contribution in [1.82, 2.24) is 4.98 Å². The van der Waals surface area contributed by atoms with Gasteiger partial charge in [-0.3, -0.25) is 0 Å². The highest BCUT2D eigenvalue weighted by Gasteiger charge is 2.02. The molecule has 0 bridgehead atoms. The number of anilines is 1. The Morgan fingerprint density at radius 1 is 1.11 bits per heavy atom. The predicted octanol–water partition coefficient (Wildman–Crippen LogP) is 4.68. The maximum atomic E-state index is 13.0. The number of rotatable bonds is 3. The van der Waals surface area contributed by atoms with Crippen LogP contribution >= 0.6 is 15.9 Å². The Morgan fingerprint density at radius 3 is 2.84 bits per heavy atom. The number of halogens is 2. The smallest absolute Gasteiger partial charge is 0.124 e. The highest BCUT2D eigenvalue weighted by atomic mass is 79.9. The van der Waals surface area contributed by atoms with Gasteiger partial charge in [-0.15, -0.1) is 0 Å². The quantitative estimate of drug-likeness (QED) is 0.721. The molecular weight excluding hydrogens is 307 g/mol. The van der Waals surface area contributed by atoms with Gasteiger partial charge >= 0.3 is 0 Å². The van der Waals surface area contributed by atoms with Crippen LogP contribution in [0.3, 0.4) is 0 Å². The van der Waals surface area contributed by atoms with E-state index in [0.717, 1.165) is 15.7 Å². The van der Waals surface area contributed by atoms with Crippen LogP contribution < -0.4 is 5.32 Å². The molecule has 0 saturated heterocycles. The zero-order valence-electron chi connectivity index (χ0n) is 10.1. The minimum absolute atomic E-state index is 0.245. The number of aromatic nitrogens is 1. The fourth-order valence-corrected chi connectivity index (χ4v) is 2.53. The van der Waals surface area contributed by atoms with E-state index in [4.69, 9.17) is 0 Å². The molecular formula is C15H12BrFN2. The molecule has 2 N–H and O–H groups in total. The number of fused-ring (bicyclic) bond motifs is 1. The molecule has 4 heteroatoms. The lowest BCUT2D eigenvalue weighted by atomic mass is 10.1. The lowest BCUT2D eigenvalue weighted by molar-refractivity contribution is 0.627. The number of H-pyrrole nitrogens is 1. The minimum Gasteiger partial charge on any atom is -0.380 e. The van der Waals surface area contributed by atoms with Crippen LogP contribution in [0.5, 0.6) is 0 Å². The van der Waals surface area contributed by atoms with Gasteiger partial charge in [0.25, 0.3) is 0 Å². The van der Waals surface area contributed by atoms with Crippen LogP contribution in [-0.2, 0) is 6.54 Å². The monoisotopic (exact) mass is 318 g/mol. The van der Waals surface area contributed by atoms with E-state index < -0.39 is 0 Å². The van der Waals surface area contributed by atoms with Gasteiger partial charge < -0.3 is 10.3 Å². The van der Waals surface area contributed by atoms with Crippen molar-refractivity contribution in [3.8, 4) is 0 Å². The Hall–Kier alpha value is -1.81. The molecule has 2 aromatic carbocycles. The molecule has 0 amide bonds. The number of aromatic amines is 1. The fourth-order valence-electron chi connectivity index (χ4n) is 2.04. The van der Waals surface area contributed by atoms with E-state index in [1.54, 1.807) is 6.07 Å². The van der Waals surface area contributed by atoms with Crippen molar-refractivity contribution in [2.24, 2.45) is 0 Å². The van der Waals surface area contributed by atoms with Gasteiger partial charge in [-0.25, -0.2) is 4.39 Å². The third-order valence-corrected chi connectivity index (χ3v) is 3.69. The van der Waals surface area contributed by atoms with Gasteiger partial charge in [0.1, 0.15) is 5.82 Å². The Kier molecular flexibility index (Phi) is 3.25. The SMILES string of the molecule is Fc1ccc(NCc2ccc3cc[nH]c3c2)c(Br)c1. The number of hydrogen-bond acceptors (Lipinski definition) is 1. The molecule has 0 radical (unpaired) electrons. The Labute approximate surface area is 118 Å². The van der Waals surface area contributed by atoms with Crippen molar-refractivity contribution in [2.45, 2.75) is 6.54 Å². The van der Waals surface area contributed by atoms with Gasteiger partial charge in [-0.05, 0) is 57.2 Å². The predicted molar refractivity (Wildman–Crippen MR) is 79.7 cm³/mol. The van der Waals surface area contributed by atoms with Gasteiger partial charge in [0.05, 0.1) is 0 Å². The standard InChI is InChI=1S/C15H12BrFN2/c16-13-8-12(17)3-4-14(13)19-9-10-1-2-11-5-6-18-15(11)7-10/h1-8,18-19H,9H2. The molecule has 0 unspecified atom stereocenters. The van der Waals surface area contributed by atoms with Gasteiger partial charge in [0.15, 0.2) is 0 Å². The third-order valence-electron chi connectivity index (χ3n) is 3.03. The Balaban J connectivity index is 1.77. The van der Waals surface area contributed by atoms with E-state index in [9.17, 15) is 4.39 Å². The summed E-state index contributed by atoms with van der Waals surface area (Å²) in [5.41, 5.74) is 3.18. The van der Waals surface area contributed by atoms with Gasteiger partial charge in [0.2, 0.25) is 0 Å². The summed E-state index contributed by atoms with van der Waals surface area (Å²) in [4.78, 5) is 3.19. The van der Waals surface area contributed by atoms with Crippen LogP contribution in [0.15, 0.2) is 53.1 Å². The topological polar surface area (TPSA) is 27.8 Å². The average molecular weight is 319 g/mol. The maximum Gasteiger partial charge on any atom is 0.124 e. The first-order chi connectivity index (χ1) is 9.22. The fraction of sp³-hybridized carbons (Fsp3) is 0.0667. The molecule has 0 fully saturated rings. The zero-order valence-corrected chi connectivity index (χ0v) is 11.7. The number of hydrogen-bond donors (Lipinski definition) is 2. The number of nitrogens with one attached hydrogen (secondary N) is 2. The molecule has 0 aliphatic heterocycles. The summed E-state index contributed by atoms with van der Waals surface area (Å²) in [6.07, 6.45) is 1.93. The van der Waals surface area contributed by atoms with Crippen LogP contribution in [-0.4, -0.2) is 4.98 Å². The Bertz CT molecular complexity index is 721. The van der Waals surface area contributed by atoms with Crippen molar-refractivity contribution in [1.29, 1.82) is 0 Å². The van der Waals surface area contributed by atoms with E-state index in [-0.39, 0.29) is 5.82 Å². The van der Waals surface area contributed by atoms with Crippen LogP contribution in [0.1, 0.15) is 5.56 Å². The first-order valence-electron chi connectivity index (χ1n) is 5.97. The third kappa shape index (κ3) is 2.63. The largest absolute Gasteiger partial charge is 0.380 e. The van der Waals surface area contributed by atoms with E-state index >= 15 is 0 Å². The van der Waals surface area contributed by atoms with Crippen molar-refractivity contribution in [3.05, 3.63) is 64.5 Å². The minimum atomic E-state index is -0.245. The molecule has 0 spiro atoms.